The summed E-state index contributed by atoms with van der Waals surface area (Å²) in [6.45, 7) is 4.53. The van der Waals surface area contributed by atoms with Crippen LogP contribution in [0.1, 0.15) is 80.3 Å². The van der Waals surface area contributed by atoms with Crippen molar-refractivity contribution in [3.63, 3.8) is 0 Å². The highest BCUT2D eigenvalue weighted by Gasteiger charge is 2.74. The summed E-state index contributed by atoms with van der Waals surface area (Å²) in [7, 11) is 0. The van der Waals surface area contributed by atoms with Crippen molar-refractivity contribution in [2.75, 3.05) is 6.54 Å². The maximum atomic E-state index is 14.9. The number of aliphatic hydroxyl groups excluding tert-OH is 1. The number of halogens is 3. The average Bonchev–Trinajstić information content (AvgIpc) is 3.47. The fraction of sp³-hybridized carbons (Fsp3) is 0.417. The summed E-state index contributed by atoms with van der Waals surface area (Å²) in [5.74, 6) is -0.356. The molecule has 3 saturated carbocycles. The maximum Gasteiger partial charge on any atom is 0.416 e. The Hall–Kier alpha value is -4.73. The number of nitrogens with zero attached hydrogens (tertiary/aromatic N) is 1. The first-order valence-corrected chi connectivity index (χ1v) is 20.2. The van der Waals surface area contributed by atoms with Crippen LogP contribution in [0, 0.1) is 33.5 Å². The van der Waals surface area contributed by atoms with E-state index in [-0.39, 0.29) is 35.9 Å². The Bertz CT molecular complexity index is 2320. The van der Waals surface area contributed by atoms with E-state index in [4.69, 9.17) is 4.74 Å². The number of ketones is 1. The molecule has 0 aromatic heterocycles. The molecular weight excluding hydrogens is 728 g/mol. The van der Waals surface area contributed by atoms with E-state index in [1.165, 1.54) is 12.1 Å². The minimum Gasteiger partial charge on any atom is -0.410 e. The van der Waals surface area contributed by atoms with Crippen molar-refractivity contribution in [2.45, 2.75) is 83.2 Å². The Morgan fingerprint density at radius 1 is 0.807 bits per heavy atom. The van der Waals surface area contributed by atoms with E-state index in [1.807, 2.05) is 72.8 Å². The van der Waals surface area contributed by atoms with Crippen LogP contribution in [0.2, 0.25) is 0 Å². The van der Waals surface area contributed by atoms with Gasteiger partial charge in [0, 0.05) is 33.9 Å². The summed E-state index contributed by atoms with van der Waals surface area (Å²) in [5.41, 5.74) is -3.56. The number of carbonyl (C=O) groups is 2. The number of Topliss-reactive ketones (excluding diaryl/α,β-unsaturated/α-hetero) is 1. The number of aliphatic hydroxyl groups is 2. The number of benzene rings is 4. The summed E-state index contributed by atoms with van der Waals surface area (Å²) < 4.78 is 47.9. The molecule has 0 radical (unpaired) electrons. The molecule has 57 heavy (non-hydrogen) atoms. The molecule has 2 bridgehead atoms. The predicted molar refractivity (Wildman–Crippen MR) is 211 cm³/mol. The Balaban J connectivity index is 1.10. The Morgan fingerprint density at radius 3 is 2.28 bits per heavy atom. The van der Waals surface area contributed by atoms with Gasteiger partial charge >= 0.3 is 12.3 Å². The summed E-state index contributed by atoms with van der Waals surface area (Å²) in [5, 5.41) is 26.1. The van der Waals surface area contributed by atoms with Crippen molar-refractivity contribution in [2.24, 2.45) is 33.5 Å². The summed E-state index contributed by atoms with van der Waals surface area (Å²) >= 11 is 0. The number of hydrogen-bond acceptors (Lipinski definition) is 5. The molecule has 2 spiro atoms. The van der Waals surface area contributed by atoms with Crippen molar-refractivity contribution in [3.8, 4) is 5.75 Å². The Kier molecular flexibility index (Phi) is 8.72. The van der Waals surface area contributed by atoms with Crippen LogP contribution < -0.4 is 4.74 Å². The monoisotopic (exact) mass is 775 g/mol. The highest BCUT2D eigenvalue weighted by molar-refractivity contribution is 6.10. The van der Waals surface area contributed by atoms with E-state index in [0.29, 0.717) is 49.8 Å². The lowest BCUT2D eigenvalue weighted by molar-refractivity contribution is -0.175. The molecule has 10 rings (SSSR count). The van der Waals surface area contributed by atoms with Gasteiger partial charge in [0.25, 0.3) is 0 Å². The molecular formula is C48H48F3NO5. The van der Waals surface area contributed by atoms with E-state index in [0.717, 1.165) is 34.9 Å². The molecule has 1 unspecified atom stereocenters. The molecule has 0 saturated heterocycles. The number of fused-ring (bicyclic) bond motifs is 2. The first kappa shape index (κ1) is 37.8. The van der Waals surface area contributed by atoms with Crippen LogP contribution >= 0.6 is 0 Å². The third kappa shape index (κ3) is 5.74. The molecule has 6 nitrogen and oxygen atoms in total. The maximum absolute atomic E-state index is 14.9. The molecule has 3 fully saturated rings. The zero-order valence-electron chi connectivity index (χ0n) is 32.3. The smallest absolute Gasteiger partial charge is 0.410 e. The van der Waals surface area contributed by atoms with Crippen molar-refractivity contribution in [3.05, 3.63) is 138 Å². The summed E-state index contributed by atoms with van der Waals surface area (Å²) in [4.78, 5) is 30.7. The number of ether oxygens (including phenoxy) is 1. The van der Waals surface area contributed by atoms with Gasteiger partial charge in [0.1, 0.15) is 5.75 Å². The van der Waals surface area contributed by atoms with Crippen molar-refractivity contribution in [1.29, 1.82) is 0 Å². The Morgan fingerprint density at radius 2 is 1.51 bits per heavy atom. The van der Waals surface area contributed by atoms with Gasteiger partial charge in [-0.2, -0.15) is 13.2 Å². The topological polar surface area (TPSA) is 87.1 Å². The van der Waals surface area contributed by atoms with Crippen molar-refractivity contribution in [1.82, 2.24) is 4.90 Å². The fourth-order valence-electron chi connectivity index (χ4n) is 12.3. The van der Waals surface area contributed by atoms with E-state index in [2.05, 4.69) is 26.0 Å². The standard InChI is InChI=1S/C48H48F3NO5/c1-43-20-17-36(53)27-45(43)23-24-47(38(28-45)41(54)34-13-8-14-35(25-34)48(49,50)51)39(43)18-21-44(2)40(47)19-22-46(44,56)30-52(29-31-9-4-3-5-10-31)42(55)57-37-16-15-32-11-6-7-12-33(32)26-37/h3-16,23-26,28,36,39-40,53,56H,17-22,27,29-30H2,1-2H3/t36?,39-,40-,43-,44+,45+,46-,47-/m1/s1. The summed E-state index contributed by atoms with van der Waals surface area (Å²) in [6.07, 6.45) is 4.55. The van der Waals surface area contributed by atoms with Gasteiger partial charge in [0.2, 0.25) is 0 Å². The van der Waals surface area contributed by atoms with E-state index in [9.17, 15) is 33.0 Å². The lowest BCUT2D eigenvalue weighted by Gasteiger charge is -2.71. The third-order valence-corrected chi connectivity index (χ3v) is 15.3. The second-order valence-corrected chi connectivity index (χ2v) is 17.9. The quantitative estimate of drug-likeness (QED) is 0.144. The SMILES string of the molecule is C[C@]12CC[C@H]3[C@]4(C=C[C@@]5(C=C4C(=O)c4cccc(C(F)(F)F)c4)CC(O)CC[C@]35C)[C@@H]1CC[C@@]2(O)CN(Cc1ccccc1)C(=O)Oc1ccc2ccccc2c1. The third-order valence-electron chi connectivity index (χ3n) is 15.3. The van der Waals surface area contributed by atoms with Crippen LogP contribution in [0.25, 0.3) is 10.8 Å². The number of rotatable bonds is 7. The van der Waals surface area contributed by atoms with E-state index < -0.39 is 51.6 Å². The molecule has 4 aromatic rings. The second-order valence-electron chi connectivity index (χ2n) is 17.9. The largest absolute Gasteiger partial charge is 0.416 e. The molecule has 4 aromatic carbocycles. The van der Waals surface area contributed by atoms with Gasteiger partial charge in [-0.3, -0.25) is 4.79 Å². The molecule has 0 aliphatic heterocycles. The molecule has 1 amide bonds. The highest BCUT2D eigenvalue weighted by atomic mass is 19.4. The van der Waals surface area contributed by atoms with Gasteiger partial charge < -0.3 is 19.8 Å². The molecule has 0 heterocycles. The molecule has 6 aliphatic rings. The molecule has 8 atom stereocenters. The molecule has 6 aliphatic carbocycles. The lowest BCUT2D eigenvalue weighted by Crippen LogP contribution is -2.67. The van der Waals surface area contributed by atoms with Gasteiger partial charge in [-0.05, 0) is 103 Å². The molecule has 296 valence electrons. The van der Waals surface area contributed by atoms with Gasteiger partial charge in [0.15, 0.2) is 5.78 Å². The van der Waals surface area contributed by atoms with Crippen LogP contribution in [0.15, 0.2) is 121 Å². The second kappa shape index (κ2) is 13.1. The fourth-order valence-corrected chi connectivity index (χ4v) is 12.3. The Labute approximate surface area is 331 Å². The number of amides is 1. The van der Waals surface area contributed by atoms with Crippen LogP contribution in [-0.2, 0) is 12.7 Å². The van der Waals surface area contributed by atoms with Crippen molar-refractivity contribution < 1.29 is 37.7 Å². The van der Waals surface area contributed by atoms with Gasteiger partial charge in [-0.1, -0.05) is 105 Å². The number of alkyl halides is 3. The average molecular weight is 776 g/mol. The zero-order chi connectivity index (χ0) is 40.0. The molecule has 2 N–H and O–H groups in total. The normalized spacial score (nSPS) is 33.9. The first-order valence-electron chi connectivity index (χ1n) is 20.2. The highest BCUT2D eigenvalue weighted by Crippen LogP contribution is 2.78. The minimum absolute atomic E-state index is 0.0141. The number of hydrogen-bond donors (Lipinski definition) is 2. The van der Waals surface area contributed by atoms with Crippen LogP contribution in [0.4, 0.5) is 18.0 Å². The summed E-state index contributed by atoms with van der Waals surface area (Å²) in [6, 6.07) is 27.6. The predicted octanol–water partition coefficient (Wildman–Crippen LogP) is 10.3. The van der Waals surface area contributed by atoms with Crippen LogP contribution in [-0.4, -0.2) is 45.2 Å². The number of allylic oxidation sites excluding steroid dienone is 4. The van der Waals surface area contributed by atoms with Gasteiger partial charge in [-0.15, -0.1) is 0 Å². The lowest BCUT2D eigenvalue weighted by atomic mass is 9.32. The van der Waals surface area contributed by atoms with E-state index in [1.54, 1.807) is 11.0 Å². The number of carbonyl (C=O) groups excluding carboxylic acids is 2. The van der Waals surface area contributed by atoms with Crippen molar-refractivity contribution >= 4 is 22.6 Å². The molecule has 9 heteroatoms. The first-order chi connectivity index (χ1) is 27.1. The van der Waals surface area contributed by atoms with Crippen LogP contribution in [0.5, 0.6) is 5.75 Å². The zero-order valence-corrected chi connectivity index (χ0v) is 32.3. The van der Waals surface area contributed by atoms with Gasteiger partial charge in [-0.25, -0.2) is 4.79 Å². The van der Waals surface area contributed by atoms with E-state index >= 15 is 0 Å². The van der Waals surface area contributed by atoms with Crippen LogP contribution in [0.3, 0.4) is 0 Å². The van der Waals surface area contributed by atoms with Gasteiger partial charge in [0.05, 0.1) is 23.8 Å². The minimum atomic E-state index is -4.62.